The van der Waals surface area contributed by atoms with Gasteiger partial charge < -0.3 is 14.4 Å². The third-order valence-corrected chi connectivity index (χ3v) is 3.50. The second kappa shape index (κ2) is 6.25. The molecule has 26 heavy (non-hydrogen) atoms. The minimum Gasteiger partial charge on any atom is -0.455 e. The van der Waals surface area contributed by atoms with Gasteiger partial charge in [0.2, 0.25) is 6.10 Å². The average Bonchev–Trinajstić information content (AvgIpc) is 3.14. The highest BCUT2D eigenvalue weighted by molar-refractivity contribution is 6.37. The molecule has 1 atom stereocenters. The van der Waals surface area contributed by atoms with Crippen LogP contribution >= 0.6 is 0 Å². The van der Waals surface area contributed by atoms with Crippen LogP contribution in [0.3, 0.4) is 0 Å². The van der Waals surface area contributed by atoms with Crippen molar-refractivity contribution in [2.75, 3.05) is 0 Å². The monoisotopic (exact) mass is 360 g/mol. The van der Waals surface area contributed by atoms with E-state index in [1.807, 2.05) is 0 Å². The van der Waals surface area contributed by atoms with Crippen LogP contribution in [0.4, 0.5) is 0 Å². The van der Waals surface area contributed by atoms with Gasteiger partial charge in [0.15, 0.2) is 5.71 Å². The van der Waals surface area contributed by atoms with Gasteiger partial charge in [-0.1, -0.05) is 22.4 Å². The van der Waals surface area contributed by atoms with E-state index in [1.54, 1.807) is 32.9 Å². The van der Waals surface area contributed by atoms with Crippen LogP contribution in [0.15, 0.2) is 29.4 Å². The van der Waals surface area contributed by atoms with Crippen molar-refractivity contribution in [3.05, 3.63) is 35.4 Å². The molecule has 9 heteroatoms. The van der Waals surface area contributed by atoms with Crippen molar-refractivity contribution < 1.29 is 33.6 Å². The molecule has 136 valence electrons. The molecule has 9 nitrogen and oxygen atoms in total. The van der Waals surface area contributed by atoms with E-state index in [2.05, 4.69) is 5.16 Å². The van der Waals surface area contributed by atoms with Gasteiger partial charge in [-0.25, -0.2) is 9.59 Å². The molecule has 0 N–H and O–H groups in total. The molecule has 0 aromatic heterocycles. The number of oxime groups is 1. The van der Waals surface area contributed by atoms with E-state index in [4.69, 9.17) is 14.4 Å². The molecule has 1 unspecified atom stereocenters. The Morgan fingerprint density at radius 3 is 2.27 bits per heavy atom. The summed E-state index contributed by atoms with van der Waals surface area (Å²) in [5.74, 6) is -3.22. The lowest BCUT2D eigenvalue weighted by Crippen LogP contribution is -2.37. The zero-order valence-corrected chi connectivity index (χ0v) is 14.3. The number of amides is 2. The summed E-state index contributed by atoms with van der Waals surface area (Å²) in [7, 11) is 0. The van der Waals surface area contributed by atoms with Crippen molar-refractivity contribution in [2.45, 2.75) is 38.9 Å². The maximum Gasteiger partial charge on any atom is 0.376 e. The normalized spacial score (nSPS) is 19.0. The highest BCUT2D eigenvalue weighted by Crippen LogP contribution is 2.24. The van der Waals surface area contributed by atoms with Crippen LogP contribution in [0, 0.1) is 0 Å². The molecule has 2 aliphatic heterocycles. The average molecular weight is 360 g/mol. The molecule has 3 rings (SSSR count). The number of carbonyl (C=O) groups excluding carboxylic acids is 4. The Kier molecular flexibility index (Phi) is 4.23. The van der Waals surface area contributed by atoms with Gasteiger partial charge in [0.1, 0.15) is 5.60 Å². The van der Waals surface area contributed by atoms with Gasteiger partial charge in [0.25, 0.3) is 11.8 Å². The SMILES string of the molecule is CC(C)(C)OC(=O)C1=NOC(C(=O)ON2C(=O)c3ccccc3C2=O)C1. The summed E-state index contributed by atoms with van der Waals surface area (Å²) in [5, 5.41) is 3.90. The van der Waals surface area contributed by atoms with E-state index in [0.717, 1.165) is 0 Å². The number of carbonyl (C=O) groups is 4. The fourth-order valence-corrected chi connectivity index (χ4v) is 2.36. The summed E-state index contributed by atoms with van der Waals surface area (Å²) in [4.78, 5) is 58.2. The number of nitrogens with zero attached hydrogens (tertiary/aromatic N) is 2. The van der Waals surface area contributed by atoms with E-state index in [9.17, 15) is 19.2 Å². The number of esters is 1. The number of ether oxygens (including phenoxy) is 1. The predicted molar refractivity (Wildman–Crippen MR) is 85.8 cm³/mol. The number of hydrogen-bond acceptors (Lipinski definition) is 8. The van der Waals surface area contributed by atoms with Crippen LogP contribution in [0.1, 0.15) is 47.9 Å². The third kappa shape index (κ3) is 3.28. The summed E-state index contributed by atoms with van der Waals surface area (Å²) in [5.41, 5.74) is -0.519. The maximum atomic E-state index is 12.2. The molecule has 2 aliphatic rings. The Morgan fingerprint density at radius 2 is 1.73 bits per heavy atom. The Morgan fingerprint density at radius 1 is 1.15 bits per heavy atom. The maximum absolute atomic E-state index is 12.2. The Hall–Kier alpha value is -3.23. The summed E-state index contributed by atoms with van der Waals surface area (Å²) < 4.78 is 5.14. The first-order chi connectivity index (χ1) is 12.2. The lowest BCUT2D eigenvalue weighted by Gasteiger charge is -2.18. The number of benzene rings is 1. The van der Waals surface area contributed by atoms with Crippen molar-refractivity contribution in [3.63, 3.8) is 0 Å². The van der Waals surface area contributed by atoms with Crippen LogP contribution in [-0.4, -0.2) is 46.2 Å². The molecule has 0 saturated carbocycles. The zero-order chi connectivity index (χ0) is 19.1. The smallest absolute Gasteiger partial charge is 0.376 e. The first-order valence-corrected chi connectivity index (χ1v) is 7.83. The van der Waals surface area contributed by atoms with Crippen LogP contribution < -0.4 is 0 Å². The Balaban J connectivity index is 1.62. The number of fused-ring (bicyclic) bond motifs is 1. The quantitative estimate of drug-likeness (QED) is 0.588. The Bertz CT molecular complexity index is 803. The largest absolute Gasteiger partial charge is 0.455 e. The molecule has 2 amide bonds. The van der Waals surface area contributed by atoms with E-state index >= 15 is 0 Å². The lowest BCUT2D eigenvalue weighted by atomic mass is 10.1. The molecule has 0 aliphatic carbocycles. The van der Waals surface area contributed by atoms with Gasteiger partial charge in [-0.3, -0.25) is 9.59 Å². The van der Waals surface area contributed by atoms with Crippen molar-refractivity contribution in [2.24, 2.45) is 5.16 Å². The molecular formula is C17H16N2O7. The van der Waals surface area contributed by atoms with Crippen LogP contribution in [0.25, 0.3) is 0 Å². The highest BCUT2D eigenvalue weighted by Gasteiger charge is 2.42. The summed E-state index contributed by atoms with van der Waals surface area (Å²) in [6, 6.07) is 6.10. The number of imide groups is 1. The molecular weight excluding hydrogens is 344 g/mol. The minimum absolute atomic E-state index is 0.0794. The number of hydrogen-bond donors (Lipinski definition) is 0. The van der Waals surface area contributed by atoms with Crippen molar-refractivity contribution in [1.82, 2.24) is 5.06 Å². The topological polar surface area (TPSA) is 112 Å². The zero-order valence-electron chi connectivity index (χ0n) is 14.3. The summed E-state index contributed by atoms with van der Waals surface area (Å²) in [6.07, 6.45) is -1.43. The molecule has 0 fully saturated rings. The van der Waals surface area contributed by atoms with E-state index in [0.29, 0.717) is 5.06 Å². The molecule has 0 spiro atoms. The van der Waals surface area contributed by atoms with Gasteiger partial charge in [0.05, 0.1) is 17.5 Å². The van der Waals surface area contributed by atoms with Gasteiger partial charge in [-0.15, -0.1) is 0 Å². The van der Waals surface area contributed by atoms with Crippen molar-refractivity contribution in [1.29, 1.82) is 0 Å². The molecule has 0 bridgehead atoms. The van der Waals surface area contributed by atoms with E-state index < -0.39 is 35.5 Å². The van der Waals surface area contributed by atoms with E-state index in [1.165, 1.54) is 12.1 Å². The summed E-state index contributed by atoms with van der Waals surface area (Å²) in [6.45, 7) is 5.07. The summed E-state index contributed by atoms with van der Waals surface area (Å²) >= 11 is 0. The standard InChI is InChI=1S/C17H16N2O7/c1-17(2,3)24-15(22)11-8-12(25-18-11)16(23)26-19-13(20)9-6-4-5-7-10(9)14(19)21/h4-7,12H,8H2,1-3H3. The second-order valence-electron chi connectivity index (χ2n) is 6.70. The first kappa shape index (κ1) is 17.6. The first-order valence-electron chi connectivity index (χ1n) is 7.83. The van der Waals surface area contributed by atoms with Crippen LogP contribution in [-0.2, 0) is 24.0 Å². The third-order valence-electron chi connectivity index (χ3n) is 3.50. The molecule has 2 heterocycles. The van der Waals surface area contributed by atoms with Crippen molar-refractivity contribution in [3.8, 4) is 0 Å². The molecule has 0 radical (unpaired) electrons. The molecule has 1 aromatic carbocycles. The molecule has 1 aromatic rings. The lowest BCUT2D eigenvalue weighted by molar-refractivity contribution is -0.180. The van der Waals surface area contributed by atoms with Crippen LogP contribution in [0.2, 0.25) is 0 Å². The van der Waals surface area contributed by atoms with Crippen LogP contribution in [0.5, 0.6) is 0 Å². The molecule has 0 saturated heterocycles. The number of rotatable bonds is 3. The fourth-order valence-electron chi connectivity index (χ4n) is 2.36. The van der Waals surface area contributed by atoms with Gasteiger partial charge in [-0.2, -0.15) is 0 Å². The fraction of sp³-hybridized carbons (Fsp3) is 0.353. The van der Waals surface area contributed by atoms with Gasteiger partial charge >= 0.3 is 11.9 Å². The van der Waals surface area contributed by atoms with Gasteiger partial charge in [-0.05, 0) is 32.9 Å². The van der Waals surface area contributed by atoms with Crippen molar-refractivity contribution >= 4 is 29.5 Å². The minimum atomic E-state index is -1.25. The second-order valence-corrected chi connectivity index (χ2v) is 6.70. The highest BCUT2D eigenvalue weighted by atomic mass is 16.7. The predicted octanol–water partition coefficient (Wildman–Crippen LogP) is 1.23. The number of hydroxylamine groups is 2. The van der Waals surface area contributed by atoms with Gasteiger partial charge in [0, 0.05) is 0 Å². The Labute approximate surface area is 148 Å². The van der Waals surface area contributed by atoms with E-state index in [-0.39, 0.29) is 23.3 Å².